The van der Waals surface area contributed by atoms with Gasteiger partial charge in [-0.05, 0) is 37.3 Å². The van der Waals surface area contributed by atoms with E-state index in [9.17, 15) is 4.79 Å². The van der Waals surface area contributed by atoms with E-state index in [1.807, 2.05) is 13.0 Å². The molecule has 148 valence electrons. The molecule has 2 N–H and O–H groups in total. The molecule has 0 fully saturated rings. The summed E-state index contributed by atoms with van der Waals surface area (Å²) in [6, 6.07) is 8.34. The van der Waals surface area contributed by atoms with Crippen molar-refractivity contribution in [2.45, 2.75) is 60.2 Å². The van der Waals surface area contributed by atoms with Crippen LogP contribution >= 0.6 is 0 Å². The fraction of sp³-hybridized carbons (Fsp3) is 0.545. The van der Waals surface area contributed by atoms with Crippen LogP contribution in [0.2, 0.25) is 0 Å². The molecule has 0 aliphatic rings. The van der Waals surface area contributed by atoms with E-state index in [2.05, 4.69) is 68.2 Å². The minimum Gasteiger partial charge on any atom is -0.352 e. The van der Waals surface area contributed by atoms with Crippen molar-refractivity contribution in [1.29, 1.82) is 0 Å². The van der Waals surface area contributed by atoms with Gasteiger partial charge in [-0.1, -0.05) is 38.1 Å². The highest BCUT2D eigenvalue weighted by molar-refractivity contribution is 5.76. The molecule has 1 amide bonds. The standard InChI is InChI=1S/C22H34N4O/c1-16(2)14-26-18(4)21(17(3)24-26)11-12-22(27)23-13-19-9-7-8-10-20(19)15-25(5)6/h7-10,16H,11-15H2,1-6H3,(H,23,27)/p+1. The summed E-state index contributed by atoms with van der Waals surface area (Å²) in [5, 5.41) is 7.73. The highest BCUT2D eigenvalue weighted by Gasteiger charge is 2.14. The van der Waals surface area contributed by atoms with Gasteiger partial charge in [0.2, 0.25) is 5.91 Å². The first-order chi connectivity index (χ1) is 12.8. The van der Waals surface area contributed by atoms with Crippen molar-refractivity contribution < 1.29 is 9.69 Å². The lowest BCUT2D eigenvalue weighted by atomic mass is 10.1. The highest BCUT2D eigenvalue weighted by atomic mass is 16.1. The van der Waals surface area contributed by atoms with E-state index in [-0.39, 0.29) is 5.91 Å². The summed E-state index contributed by atoms with van der Waals surface area (Å²) in [4.78, 5) is 13.8. The number of hydrogen-bond donors (Lipinski definition) is 2. The third-order valence-corrected chi connectivity index (χ3v) is 4.81. The first kappa shape index (κ1) is 21.2. The van der Waals surface area contributed by atoms with Gasteiger partial charge in [-0.15, -0.1) is 0 Å². The van der Waals surface area contributed by atoms with Crippen molar-refractivity contribution in [3.8, 4) is 0 Å². The van der Waals surface area contributed by atoms with E-state index >= 15 is 0 Å². The second-order valence-corrected chi connectivity index (χ2v) is 8.15. The Balaban J connectivity index is 1.92. The summed E-state index contributed by atoms with van der Waals surface area (Å²) in [5.41, 5.74) is 5.93. The molecule has 1 heterocycles. The molecule has 0 aliphatic heterocycles. The first-order valence-electron chi connectivity index (χ1n) is 9.93. The first-order valence-corrected chi connectivity index (χ1v) is 9.93. The van der Waals surface area contributed by atoms with Gasteiger partial charge < -0.3 is 10.2 Å². The lowest BCUT2D eigenvalue weighted by Gasteiger charge is -2.13. The third kappa shape index (κ3) is 6.21. The Morgan fingerprint density at radius 3 is 2.48 bits per heavy atom. The summed E-state index contributed by atoms with van der Waals surface area (Å²) in [6.07, 6.45) is 1.24. The van der Waals surface area contributed by atoms with Crippen molar-refractivity contribution >= 4 is 5.91 Å². The fourth-order valence-corrected chi connectivity index (χ4v) is 3.42. The van der Waals surface area contributed by atoms with Gasteiger partial charge in [0, 0.05) is 30.8 Å². The highest BCUT2D eigenvalue weighted by Crippen LogP contribution is 2.16. The van der Waals surface area contributed by atoms with E-state index in [0.717, 1.165) is 25.2 Å². The van der Waals surface area contributed by atoms with Crippen molar-refractivity contribution in [3.63, 3.8) is 0 Å². The van der Waals surface area contributed by atoms with Gasteiger partial charge in [0.25, 0.3) is 0 Å². The molecule has 0 spiro atoms. The van der Waals surface area contributed by atoms with Crippen LogP contribution in [0.4, 0.5) is 0 Å². The zero-order valence-electron chi connectivity index (χ0n) is 17.7. The van der Waals surface area contributed by atoms with Crippen LogP contribution in [-0.2, 0) is 30.8 Å². The predicted molar refractivity (Wildman–Crippen MR) is 110 cm³/mol. The van der Waals surface area contributed by atoms with Crippen molar-refractivity contribution in [2.75, 3.05) is 14.1 Å². The Bertz CT molecular complexity index is 762. The lowest BCUT2D eigenvalue weighted by Crippen LogP contribution is -3.04. The number of carbonyl (C=O) groups excluding carboxylic acids is 1. The van der Waals surface area contributed by atoms with Crippen LogP contribution in [0.5, 0.6) is 0 Å². The third-order valence-electron chi connectivity index (χ3n) is 4.81. The number of rotatable bonds is 9. The van der Waals surface area contributed by atoms with Crippen molar-refractivity contribution in [3.05, 3.63) is 52.3 Å². The van der Waals surface area contributed by atoms with Crippen LogP contribution in [0.1, 0.15) is 48.3 Å². The largest absolute Gasteiger partial charge is 0.352 e. The quantitative estimate of drug-likeness (QED) is 0.709. The molecule has 2 aromatic rings. The smallest absolute Gasteiger partial charge is 0.220 e. The summed E-state index contributed by atoms with van der Waals surface area (Å²) in [6.45, 7) is 11.0. The number of quaternary nitrogens is 1. The predicted octanol–water partition coefficient (Wildman–Crippen LogP) is 2.05. The van der Waals surface area contributed by atoms with E-state index in [1.165, 1.54) is 27.3 Å². The summed E-state index contributed by atoms with van der Waals surface area (Å²) < 4.78 is 2.08. The van der Waals surface area contributed by atoms with Crippen LogP contribution in [0, 0.1) is 19.8 Å². The number of aromatic nitrogens is 2. The van der Waals surface area contributed by atoms with Gasteiger partial charge in [-0.3, -0.25) is 9.48 Å². The van der Waals surface area contributed by atoms with Gasteiger partial charge in [0.15, 0.2) is 0 Å². The maximum absolute atomic E-state index is 12.4. The molecule has 0 atom stereocenters. The zero-order valence-corrected chi connectivity index (χ0v) is 17.7. The van der Waals surface area contributed by atoms with E-state index < -0.39 is 0 Å². The van der Waals surface area contributed by atoms with Crippen LogP contribution in [0.25, 0.3) is 0 Å². The van der Waals surface area contributed by atoms with Gasteiger partial charge in [0.05, 0.1) is 19.8 Å². The van der Waals surface area contributed by atoms with Gasteiger partial charge in [-0.25, -0.2) is 0 Å². The van der Waals surface area contributed by atoms with Gasteiger partial charge >= 0.3 is 0 Å². The second kappa shape index (κ2) is 9.70. The molecule has 0 bridgehead atoms. The molecule has 27 heavy (non-hydrogen) atoms. The van der Waals surface area contributed by atoms with E-state index in [1.54, 1.807) is 0 Å². The summed E-state index contributed by atoms with van der Waals surface area (Å²) >= 11 is 0. The van der Waals surface area contributed by atoms with Crippen LogP contribution in [0.3, 0.4) is 0 Å². The number of amides is 1. The number of nitrogens with zero attached hydrogens (tertiary/aromatic N) is 2. The SMILES string of the molecule is Cc1nn(CC(C)C)c(C)c1CCC(=O)NCc1ccccc1C[NH+](C)C. The zero-order chi connectivity index (χ0) is 20.0. The number of nitrogens with one attached hydrogen (secondary N) is 2. The topological polar surface area (TPSA) is 51.4 Å². The Hall–Kier alpha value is -2.14. The Kier molecular flexibility index (Phi) is 7.60. The molecule has 5 nitrogen and oxygen atoms in total. The van der Waals surface area contributed by atoms with Crippen LogP contribution in [-0.4, -0.2) is 29.8 Å². The monoisotopic (exact) mass is 371 g/mol. The molecule has 0 unspecified atom stereocenters. The Morgan fingerprint density at radius 2 is 1.85 bits per heavy atom. The average molecular weight is 372 g/mol. The molecular weight excluding hydrogens is 336 g/mol. The van der Waals surface area contributed by atoms with Gasteiger partial charge in [0.1, 0.15) is 6.54 Å². The average Bonchev–Trinajstić information content (AvgIpc) is 2.84. The molecule has 0 saturated carbocycles. The lowest BCUT2D eigenvalue weighted by molar-refractivity contribution is -0.872. The number of benzene rings is 1. The van der Waals surface area contributed by atoms with E-state index in [0.29, 0.717) is 18.9 Å². The normalized spacial score (nSPS) is 11.4. The number of aryl methyl sites for hydroxylation is 1. The summed E-state index contributed by atoms with van der Waals surface area (Å²) in [7, 11) is 4.28. The van der Waals surface area contributed by atoms with Crippen molar-refractivity contribution in [1.82, 2.24) is 15.1 Å². The molecule has 0 radical (unpaired) electrons. The summed E-state index contributed by atoms with van der Waals surface area (Å²) in [5.74, 6) is 0.653. The van der Waals surface area contributed by atoms with E-state index in [4.69, 9.17) is 0 Å². The molecule has 1 aromatic heterocycles. The maximum Gasteiger partial charge on any atom is 0.220 e. The minimum absolute atomic E-state index is 0.0948. The Morgan fingerprint density at radius 1 is 1.19 bits per heavy atom. The molecule has 5 heteroatoms. The molecule has 0 saturated heterocycles. The fourth-order valence-electron chi connectivity index (χ4n) is 3.42. The molecular formula is C22H35N4O+. The van der Waals surface area contributed by atoms with Crippen molar-refractivity contribution in [2.24, 2.45) is 5.92 Å². The number of carbonyl (C=O) groups is 1. The second-order valence-electron chi connectivity index (χ2n) is 8.15. The molecule has 1 aromatic carbocycles. The number of hydrogen-bond acceptors (Lipinski definition) is 2. The Labute approximate surface area is 163 Å². The maximum atomic E-state index is 12.4. The van der Waals surface area contributed by atoms with Gasteiger partial charge in [-0.2, -0.15) is 5.10 Å². The van der Waals surface area contributed by atoms with Crippen LogP contribution < -0.4 is 10.2 Å². The minimum atomic E-state index is 0.0948. The molecule has 2 rings (SSSR count). The van der Waals surface area contributed by atoms with Crippen LogP contribution in [0.15, 0.2) is 24.3 Å². The molecule has 0 aliphatic carbocycles.